The predicted molar refractivity (Wildman–Crippen MR) is 73.2 cm³/mol. The first kappa shape index (κ1) is 16.0. The molecule has 0 radical (unpaired) electrons. The van der Waals surface area contributed by atoms with Crippen molar-refractivity contribution in [3.05, 3.63) is 40.8 Å². The van der Waals surface area contributed by atoms with Crippen LogP contribution in [0.15, 0.2) is 35.8 Å². The minimum atomic E-state index is -0.707. The summed E-state index contributed by atoms with van der Waals surface area (Å²) in [6, 6.07) is 6.40. The summed E-state index contributed by atoms with van der Waals surface area (Å²) in [4.78, 5) is 22.8. The maximum absolute atomic E-state index is 11.8. The lowest BCUT2D eigenvalue weighted by atomic mass is 10.3. The van der Waals surface area contributed by atoms with E-state index in [0.717, 1.165) is 0 Å². The molecule has 0 fully saturated rings. The number of rotatable bonds is 5. The van der Waals surface area contributed by atoms with Crippen LogP contribution in [0.3, 0.4) is 0 Å². The molecule has 0 unspecified atom stereocenters. The first-order valence-electron chi connectivity index (χ1n) is 5.94. The monoisotopic (exact) mass is 298 g/mol. The van der Waals surface area contributed by atoms with Crippen LogP contribution in [-0.4, -0.2) is 18.5 Å². The summed E-state index contributed by atoms with van der Waals surface area (Å²) in [6.45, 7) is 4.52. The van der Waals surface area contributed by atoms with Crippen LogP contribution in [0.5, 0.6) is 5.75 Å². The second kappa shape index (κ2) is 7.55. The normalized spacial score (nSPS) is 11.4. The zero-order valence-corrected chi connectivity index (χ0v) is 12.2. The molecule has 1 aromatic carbocycles. The third-order valence-corrected chi connectivity index (χ3v) is 2.36. The Balaban J connectivity index is 3.01. The summed E-state index contributed by atoms with van der Waals surface area (Å²) < 4.78 is 15.1. The molecule has 1 rings (SSSR count). The van der Waals surface area contributed by atoms with E-state index in [9.17, 15) is 9.59 Å². The highest BCUT2D eigenvalue weighted by atomic mass is 35.5. The molecule has 5 nitrogen and oxygen atoms in total. The standard InChI is InChI=1S/C14H15ClO5/c1-4-18-14(17)13(9(2)19-10(3)16)20-12-7-5-11(15)6-8-12/h5-8H,4H2,1-3H3/b13-9-. The van der Waals surface area contributed by atoms with Gasteiger partial charge in [-0.05, 0) is 38.1 Å². The average Bonchev–Trinajstić information content (AvgIpc) is 2.37. The molecule has 0 amide bonds. The van der Waals surface area contributed by atoms with Gasteiger partial charge in [0.1, 0.15) is 5.75 Å². The summed E-state index contributed by atoms with van der Waals surface area (Å²) in [5, 5.41) is 0.538. The molecule has 0 aliphatic rings. The predicted octanol–water partition coefficient (Wildman–Crippen LogP) is 3.08. The lowest BCUT2D eigenvalue weighted by Gasteiger charge is -2.12. The Bertz CT molecular complexity index is 519. The lowest BCUT2D eigenvalue weighted by Crippen LogP contribution is -2.16. The van der Waals surface area contributed by atoms with E-state index in [-0.39, 0.29) is 18.1 Å². The van der Waals surface area contributed by atoms with E-state index in [1.807, 2.05) is 0 Å². The maximum Gasteiger partial charge on any atom is 0.377 e. The molecular formula is C14H15ClO5. The lowest BCUT2D eigenvalue weighted by molar-refractivity contribution is -0.142. The van der Waals surface area contributed by atoms with Crippen molar-refractivity contribution in [3.63, 3.8) is 0 Å². The Labute approximate surface area is 122 Å². The van der Waals surface area contributed by atoms with E-state index >= 15 is 0 Å². The summed E-state index contributed by atoms with van der Waals surface area (Å²) in [5.74, 6) is -1.02. The van der Waals surface area contributed by atoms with E-state index in [1.54, 1.807) is 31.2 Å². The number of allylic oxidation sites excluding steroid dienone is 1. The summed E-state index contributed by atoms with van der Waals surface area (Å²) in [7, 11) is 0. The fourth-order valence-electron chi connectivity index (χ4n) is 1.34. The van der Waals surface area contributed by atoms with Gasteiger partial charge in [0.05, 0.1) is 6.61 Å². The number of carbonyl (C=O) groups excluding carboxylic acids is 2. The van der Waals surface area contributed by atoms with Gasteiger partial charge in [-0.1, -0.05) is 11.6 Å². The number of hydrogen-bond donors (Lipinski definition) is 0. The Hall–Kier alpha value is -2.01. The molecular weight excluding hydrogens is 284 g/mol. The van der Waals surface area contributed by atoms with Crippen molar-refractivity contribution in [2.24, 2.45) is 0 Å². The van der Waals surface area contributed by atoms with Crippen LogP contribution in [0.4, 0.5) is 0 Å². The van der Waals surface area contributed by atoms with Crippen LogP contribution in [0.25, 0.3) is 0 Å². The second-order valence-corrected chi connectivity index (χ2v) is 4.19. The van der Waals surface area contributed by atoms with Gasteiger partial charge in [0.2, 0.25) is 5.76 Å². The van der Waals surface area contributed by atoms with Crippen molar-refractivity contribution in [3.8, 4) is 5.75 Å². The van der Waals surface area contributed by atoms with Crippen LogP contribution < -0.4 is 4.74 Å². The maximum atomic E-state index is 11.8. The van der Waals surface area contributed by atoms with Crippen LogP contribution >= 0.6 is 11.6 Å². The molecule has 0 heterocycles. The van der Waals surface area contributed by atoms with Crippen LogP contribution in [-0.2, 0) is 19.1 Å². The minimum Gasteiger partial charge on any atom is -0.460 e. The first-order valence-corrected chi connectivity index (χ1v) is 6.31. The zero-order valence-electron chi connectivity index (χ0n) is 11.4. The van der Waals surface area contributed by atoms with E-state index in [4.69, 9.17) is 25.8 Å². The van der Waals surface area contributed by atoms with Gasteiger partial charge in [-0.2, -0.15) is 0 Å². The topological polar surface area (TPSA) is 61.8 Å². The summed E-state index contributed by atoms with van der Waals surface area (Å²) in [6.07, 6.45) is 0. The molecule has 20 heavy (non-hydrogen) atoms. The molecule has 0 saturated heterocycles. The molecule has 6 heteroatoms. The third kappa shape index (κ3) is 4.93. The molecule has 0 aromatic heterocycles. The molecule has 0 atom stereocenters. The van der Waals surface area contributed by atoms with E-state index in [2.05, 4.69) is 0 Å². The van der Waals surface area contributed by atoms with Gasteiger partial charge in [-0.25, -0.2) is 4.79 Å². The molecule has 0 aliphatic heterocycles. The molecule has 0 saturated carbocycles. The number of ether oxygens (including phenoxy) is 3. The van der Waals surface area contributed by atoms with Gasteiger partial charge >= 0.3 is 11.9 Å². The largest absolute Gasteiger partial charge is 0.460 e. The molecule has 108 valence electrons. The summed E-state index contributed by atoms with van der Waals surface area (Å²) in [5.41, 5.74) is 0. The number of benzene rings is 1. The number of halogens is 1. The number of esters is 2. The Morgan fingerprint density at radius 2 is 1.75 bits per heavy atom. The van der Waals surface area contributed by atoms with Gasteiger partial charge in [0.15, 0.2) is 5.76 Å². The molecule has 1 aromatic rings. The Morgan fingerprint density at radius 1 is 1.15 bits per heavy atom. The first-order chi connectivity index (χ1) is 9.43. The fourth-order valence-corrected chi connectivity index (χ4v) is 1.46. The highest BCUT2D eigenvalue weighted by Crippen LogP contribution is 2.20. The molecule has 0 aliphatic carbocycles. The van der Waals surface area contributed by atoms with Crippen LogP contribution in [0.2, 0.25) is 5.02 Å². The highest BCUT2D eigenvalue weighted by molar-refractivity contribution is 6.30. The Kier molecular flexibility index (Phi) is 6.06. The highest BCUT2D eigenvalue weighted by Gasteiger charge is 2.19. The van der Waals surface area contributed by atoms with Crippen molar-refractivity contribution < 1.29 is 23.8 Å². The van der Waals surface area contributed by atoms with Crippen molar-refractivity contribution in [1.29, 1.82) is 0 Å². The van der Waals surface area contributed by atoms with Gasteiger partial charge in [-0.15, -0.1) is 0 Å². The SMILES string of the molecule is CCOC(=O)/C(Oc1ccc(Cl)cc1)=C(\C)OC(C)=O. The van der Waals surface area contributed by atoms with E-state index in [0.29, 0.717) is 10.8 Å². The smallest absolute Gasteiger partial charge is 0.377 e. The van der Waals surface area contributed by atoms with Gasteiger partial charge in [-0.3, -0.25) is 4.79 Å². The molecule has 0 spiro atoms. The van der Waals surface area contributed by atoms with Gasteiger partial charge in [0.25, 0.3) is 0 Å². The minimum absolute atomic E-state index is 0.0332. The molecule has 0 bridgehead atoms. The van der Waals surface area contributed by atoms with Crippen molar-refractivity contribution in [1.82, 2.24) is 0 Å². The third-order valence-electron chi connectivity index (χ3n) is 2.11. The van der Waals surface area contributed by atoms with E-state index < -0.39 is 11.9 Å². The molecule has 0 N–H and O–H groups in total. The van der Waals surface area contributed by atoms with Crippen molar-refractivity contribution in [2.45, 2.75) is 20.8 Å². The fraction of sp³-hybridized carbons (Fsp3) is 0.286. The van der Waals surface area contributed by atoms with Crippen molar-refractivity contribution in [2.75, 3.05) is 6.61 Å². The number of carbonyl (C=O) groups is 2. The van der Waals surface area contributed by atoms with Crippen LogP contribution in [0.1, 0.15) is 20.8 Å². The second-order valence-electron chi connectivity index (χ2n) is 3.76. The van der Waals surface area contributed by atoms with Crippen molar-refractivity contribution >= 4 is 23.5 Å². The van der Waals surface area contributed by atoms with Crippen LogP contribution in [0, 0.1) is 0 Å². The zero-order chi connectivity index (χ0) is 15.1. The Morgan fingerprint density at radius 3 is 2.25 bits per heavy atom. The summed E-state index contributed by atoms with van der Waals surface area (Å²) >= 11 is 5.76. The van der Waals surface area contributed by atoms with Gasteiger partial charge in [0, 0.05) is 11.9 Å². The number of hydrogen-bond acceptors (Lipinski definition) is 5. The van der Waals surface area contributed by atoms with E-state index in [1.165, 1.54) is 13.8 Å². The average molecular weight is 299 g/mol. The van der Waals surface area contributed by atoms with Gasteiger partial charge < -0.3 is 14.2 Å². The quantitative estimate of drug-likeness (QED) is 0.475.